The molecule has 0 aromatic heterocycles. The van der Waals surface area contributed by atoms with E-state index < -0.39 is 0 Å². The van der Waals surface area contributed by atoms with E-state index in [4.69, 9.17) is 0 Å². The predicted octanol–water partition coefficient (Wildman–Crippen LogP) is 5.28. The van der Waals surface area contributed by atoms with Gasteiger partial charge in [-0.3, -0.25) is 0 Å². The van der Waals surface area contributed by atoms with E-state index in [-0.39, 0.29) is 0 Å². The quantitative estimate of drug-likeness (QED) is 0.576. The number of benzene rings is 3. The van der Waals surface area contributed by atoms with E-state index in [9.17, 15) is 0 Å². The minimum absolute atomic E-state index is 0.939. The summed E-state index contributed by atoms with van der Waals surface area (Å²) in [6.07, 6.45) is 1.09. The number of rotatable bonds is 4. The summed E-state index contributed by atoms with van der Waals surface area (Å²) >= 11 is 0. The van der Waals surface area contributed by atoms with Gasteiger partial charge in [-0.15, -0.1) is 0 Å². The molecule has 118 valence electrons. The molecule has 0 N–H and O–H groups in total. The lowest BCUT2D eigenvalue weighted by atomic mass is 9.94. The van der Waals surface area contributed by atoms with Gasteiger partial charge in [-0.2, -0.15) is 0 Å². The second-order valence-corrected chi connectivity index (χ2v) is 7.32. The molecule has 3 aromatic carbocycles. The van der Waals surface area contributed by atoms with Crippen LogP contribution in [0.1, 0.15) is 18.1 Å². The highest BCUT2D eigenvalue weighted by Crippen LogP contribution is 2.32. The third kappa shape index (κ3) is 3.46. The first-order chi connectivity index (χ1) is 11.0. The zero-order valence-corrected chi connectivity index (χ0v) is 14.6. The standard InChI is InChI=1S/C22H26N/c1-5-17-10-12-18(13-11-17)21-15-14-19(16-23(2,3)4)20-8-6-7-9-22(20)21/h6-15H,5,16H2,1-4H3/q+1. The van der Waals surface area contributed by atoms with Crippen LogP contribution >= 0.6 is 0 Å². The molecule has 0 amide bonds. The molecule has 0 unspecified atom stereocenters. The lowest BCUT2D eigenvalue weighted by molar-refractivity contribution is -0.883. The van der Waals surface area contributed by atoms with Crippen LogP contribution < -0.4 is 0 Å². The highest BCUT2D eigenvalue weighted by atomic mass is 15.3. The lowest BCUT2D eigenvalue weighted by Crippen LogP contribution is -2.33. The van der Waals surface area contributed by atoms with E-state index in [1.165, 1.54) is 33.0 Å². The number of hydrogen-bond acceptors (Lipinski definition) is 0. The lowest BCUT2D eigenvalue weighted by Gasteiger charge is -2.25. The number of aryl methyl sites for hydroxylation is 1. The summed E-state index contributed by atoms with van der Waals surface area (Å²) in [7, 11) is 6.73. The van der Waals surface area contributed by atoms with Gasteiger partial charge in [0.2, 0.25) is 0 Å². The van der Waals surface area contributed by atoms with Crippen molar-refractivity contribution >= 4 is 10.8 Å². The minimum atomic E-state index is 0.939. The van der Waals surface area contributed by atoms with Gasteiger partial charge in [-0.1, -0.05) is 67.6 Å². The highest BCUT2D eigenvalue weighted by molar-refractivity contribution is 5.98. The summed E-state index contributed by atoms with van der Waals surface area (Å²) in [5, 5.41) is 2.72. The molecule has 0 saturated heterocycles. The summed E-state index contributed by atoms with van der Waals surface area (Å²) in [6.45, 7) is 3.24. The first-order valence-corrected chi connectivity index (χ1v) is 8.38. The zero-order valence-electron chi connectivity index (χ0n) is 14.6. The van der Waals surface area contributed by atoms with Gasteiger partial charge in [0.25, 0.3) is 0 Å². The van der Waals surface area contributed by atoms with E-state index in [2.05, 4.69) is 88.7 Å². The fraction of sp³-hybridized carbons (Fsp3) is 0.273. The third-order valence-electron chi connectivity index (χ3n) is 4.33. The Balaban J connectivity index is 2.13. The maximum absolute atomic E-state index is 2.30. The number of nitrogens with zero attached hydrogens (tertiary/aromatic N) is 1. The van der Waals surface area contributed by atoms with Crippen LogP contribution in [0.5, 0.6) is 0 Å². The van der Waals surface area contributed by atoms with Gasteiger partial charge in [0, 0.05) is 5.56 Å². The number of fused-ring (bicyclic) bond motifs is 1. The van der Waals surface area contributed by atoms with Crippen LogP contribution in [0, 0.1) is 0 Å². The normalized spacial score (nSPS) is 11.8. The molecule has 0 aliphatic rings. The number of hydrogen-bond donors (Lipinski definition) is 0. The summed E-state index contributed by atoms with van der Waals surface area (Å²) in [6, 6.07) is 22.4. The average Bonchev–Trinajstić information content (AvgIpc) is 2.54. The van der Waals surface area contributed by atoms with Gasteiger partial charge in [0.1, 0.15) is 6.54 Å². The van der Waals surface area contributed by atoms with Crippen LogP contribution in [-0.2, 0) is 13.0 Å². The second kappa shape index (κ2) is 6.17. The van der Waals surface area contributed by atoms with E-state index in [0.717, 1.165) is 17.4 Å². The Labute approximate surface area is 139 Å². The minimum Gasteiger partial charge on any atom is -0.327 e. The van der Waals surface area contributed by atoms with Crippen LogP contribution in [0.25, 0.3) is 21.9 Å². The smallest absolute Gasteiger partial charge is 0.104 e. The molecule has 0 saturated carbocycles. The molecule has 0 aliphatic heterocycles. The molecule has 0 fully saturated rings. The largest absolute Gasteiger partial charge is 0.327 e. The fourth-order valence-corrected chi connectivity index (χ4v) is 3.18. The van der Waals surface area contributed by atoms with E-state index in [1.807, 2.05) is 0 Å². The molecule has 0 aliphatic carbocycles. The molecule has 1 nitrogen and oxygen atoms in total. The van der Waals surface area contributed by atoms with E-state index in [0.29, 0.717) is 0 Å². The van der Waals surface area contributed by atoms with Crippen molar-refractivity contribution in [3.63, 3.8) is 0 Å². The third-order valence-corrected chi connectivity index (χ3v) is 4.33. The summed E-state index contributed by atoms with van der Waals surface area (Å²) in [5.74, 6) is 0. The predicted molar refractivity (Wildman–Crippen MR) is 100 cm³/mol. The van der Waals surface area contributed by atoms with Crippen LogP contribution in [0.15, 0.2) is 60.7 Å². The molecule has 3 rings (SSSR count). The van der Waals surface area contributed by atoms with Crippen molar-refractivity contribution in [2.45, 2.75) is 19.9 Å². The monoisotopic (exact) mass is 304 g/mol. The Hall–Kier alpha value is -2.12. The van der Waals surface area contributed by atoms with E-state index in [1.54, 1.807) is 0 Å². The Morgan fingerprint density at radius 1 is 0.739 bits per heavy atom. The van der Waals surface area contributed by atoms with Gasteiger partial charge >= 0.3 is 0 Å². The highest BCUT2D eigenvalue weighted by Gasteiger charge is 2.13. The Morgan fingerprint density at radius 3 is 2.00 bits per heavy atom. The first-order valence-electron chi connectivity index (χ1n) is 8.38. The van der Waals surface area contributed by atoms with Gasteiger partial charge in [-0.05, 0) is 33.9 Å². The molecule has 0 radical (unpaired) electrons. The zero-order chi connectivity index (χ0) is 16.4. The van der Waals surface area contributed by atoms with Crippen molar-refractivity contribution in [1.29, 1.82) is 0 Å². The van der Waals surface area contributed by atoms with Gasteiger partial charge in [-0.25, -0.2) is 0 Å². The summed E-state index contributed by atoms with van der Waals surface area (Å²) < 4.78 is 0.939. The van der Waals surface area contributed by atoms with Crippen molar-refractivity contribution in [1.82, 2.24) is 0 Å². The molecule has 3 aromatic rings. The van der Waals surface area contributed by atoms with Crippen molar-refractivity contribution in [3.8, 4) is 11.1 Å². The van der Waals surface area contributed by atoms with Crippen molar-refractivity contribution in [2.24, 2.45) is 0 Å². The Bertz CT molecular complexity index is 807. The second-order valence-electron chi connectivity index (χ2n) is 7.32. The first kappa shape index (κ1) is 15.8. The Kier molecular flexibility index (Phi) is 4.23. The molecule has 0 bridgehead atoms. The SMILES string of the molecule is CCc1ccc(-c2ccc(C[N+](C)(C)C)c3ccccc23)cc1. The topological polar surface area (TPSA) is 0 Å². The summed E-state index contributed by atoms with van der Waals surface area (Å²) in [5.41, 5.74) is 5.44. The fourth-order valence-electron chi connectivity index (χ4n) is 3.18. The molecule has 1 heteroatoms. The summed E-state index contributed by atoms with van der Waals surface area (Å²) in [4.78, 5) is 0. The van der Waals surface area contributed by atoms with Crippen LogP contribution in [0.2, 0.25) is 0 Å². The molecular weight excluding hydrogens is 278 g/mol. The number of quaternary nitrogens is 1. The molecule has 23 heavy (non-hydrogen) atoms. The maximum Gasteiger partial charge on any atom is 0.104 e. The molecule has 0 spiro atoms. The average molecular weight is 304 g/mol. The van der Waals surface area contributed by atoms with Crippen LogP contribution in [-0.4, -0.2) is 25.6 Å². The van der Waals surface area contributed by atoms with Gasteiger partial charge in [0.15, 0.2) is 0 Å². The van der Waals surface area contributed by atoms with Crippen molar-refractivity contribution in [3.05, 3.63) is 71.8 Å². The van der Waals surface area contributed by atoms with Crippen LogP contribution in [0.4, 0.5) is 0 Å². The Morgan fingerprint density at radius 2 is 1.39 bits per heavy atom. The van der Waals surface area contributed by atoms with Crippen LogP contribution in [0.3, 0.4) is 0 Å². The molecule has 0 heterocycles. The molecule has 0 atom stereocenters. The van der Waals surface area contributed by atoms with Crippen molar-refractivity contribution < 1.29 is 4.48 Å². The maximum atomic E-state index is 2.30. The van der Waals surface area contributed by atoms with E-state index >= 15 is 0 Å². The molecular formula is C22H26N+. The van der Waals surface area contributed by atoms with Gasteiger partial charge < -0.3 is 4.48 Å². The van der Waals surface area contributed by atoms with Gasteiger partial charge in [0.05, 0.1) is 21.1 Å². The van der Waals surface area contributed by atoms with Crippen molar-refractivity contribution in [2.75, 3.05) is 21.1 Å².